The molecule has 0 aromatic rings. The molecule has 0 amide bonds. The highest BCUT2D eigenvalue weighted by Gasteiger charge is 2.29. The Kier molecular flexibility index (Phi) is 8.97. The summed E-state index contributed by atoms with van der Waals surface area (Å²) >= 11 is 0. The molecule has 0 rings (SSSR count). The summed E-state index contributed by atoms with van der Waals surface area (Å²) in [6.07, 6.45) is 0.527. The molecule has 0 aliphatic rings. The molecule has 0 saturated carbocycles. The van der Waals surface area contributed by atoms with Gasteiger partial charge in [0.1, 0.15) is 13.1 Å². The van der Waals surface area contributed by atoms with Crippen LogP contribution in [0.15, 0.2) is 0 Å². The van der Waals surface area contributed by atoms with Gasteiger partial charge in [-0.1, -0.05) is 0 Å². The van der Waals surface area contributed by atoms with Crippen LogP contribution in [0.5, 0.6) is 0 Å². The average Bonchev–Trinajstić information content (AvgIpc) is 2.27. The van der Waals surface area contributed by atoms with Crippen molar-refractivity contribution >= 4 is 5.97 Å². The largest absolute Gasteiger partial charge is 0.462 e. The SMILES string of the molecule is CCOC(=O)C[N+](CCO)(CCO)CCCO. The monoisotopic (exact) mass is 250 g/mol. The van der Waals surface area contributed by atoms with E-state index in [0.29, 0.717) is 32.7 Å². The van der Waals surface area contributed by atoms with Crippen LogP contribution >= 0.6 is 0 Å². The summed E-state index contributed by atoms with van der Waals surface area (Å²) in [6.45, 7) is 3.36. The molecule has 6 heteroatoms. The van der Waals surface area contributed by atoms with Crippen molar-refractivity contribution < 1.29 is 29.3 Å². The van der Waals surface area contributed by atoms with Crippen LogP contribution in [0.2, 0.25) is 0 Å². The maximum absolute atomic E-state index is 11.5. The van der Waals surface area contributed by atoms with E-state index in [1.165, 1.54) is 0 Å². The van der Waals surface area contributed by atoms with Gasteiger partial charge >= 0.3 is 5.97 Å². The number of aliphatic hydroxyl groups excluding tert-OH is 3. The number of quaternary nitrogens is 1. The Bertz CT molecular complexity index is 204. The summed E-state index contributed by atoms with van der Waals surface area (Å²) in [5.41, 5.74) is 0. The number of hydrogen-bond acceptors (Lipinski definition) is 5. The molecular weight excluding hydrogens is 226 g/mol. The Morgan fingerprint density at radius 1 is 1.06 bits per heavy atom. The van der Waals surface area contributed by atoms with E-state index < -0.39 is 0 Å². The lowest BCUT2D eigenvalue weighted by Gasteiger charge is -2.36. The number of nitrogens with zero attached hydrogens (tertiary/aromatic N) is 1. The van der Waals surface area contributed by atoms with Crippen molar-refractivity contribution in [3.05, 3.63) is 0 Å². The normalized spacial score (nSPS) is 11.5. The molecule has 0 aliphatic carbocycles. The predicted molar refractivity (Wildman–Crippen MR) is 62.2 cm³/mol. The summed E-state index contributed by atoms with van der Waals surface area (Å²) in [7, 11) is 0. The van der Waals surface area contributed by atoms with Gasteiger partial charge in [0.05, 0.1) is 26.4 Å². The lowest BCUT2D eigenvalue weighted by Crippen LogP contribution is -2.55. The topological polar surface area (TPSA) is 87.0 Å². The molecule has 0 saturated heterocycles. The lowest BCUT2D eigenvalue weighted by molar-refractivity contribution is -0.922. The first-order chi connectivity index (χ1) is 8.14. The van der Waals surface area contributed by atoms with Gasteiger partial charge in [-0.15, -0.1) is 0 Å². The van der Waals surface area contributed by atoms with E-state index >= 15 is 0 Å². The highest BCUT2D eigenvalue weighted by molar-refractivity contribution is 5.70. The van der Waals surface area contributed by atoms with Crippen LogP contribution in [0, 0.1) is 0 Å². The molecule has 0 bridgehead atoms. The fourth-order valence-electron chi connectivity index (χ4n) is 1.88. The van der Waals surface area contributed by atoms with Crippen LogP contribution in [0.1, 0.15) is 13.3 Å². The van der Waals surface area contributed by atoms with Crippen LogP contribution in [-0.2, 0) is 9.53 Å². The van der Waals surface area contributed by atoms with Gasteiger partial charge in [-0.3, -0.25) is 0 Å². The van der Waals surface area contributed by atoms with Gasteiger partial charge in [-0.25, -0.2) is 4.79 Å². The highest BCUT2D eigenvalue weighted by atomic mass is 16.5. The second-order valence-corrected chi connectivity index (χ2v) is 4.00. The van der Waals surface area contributed by atoms with Crippen LogP contribution in [0.4, 0.5) is 0 Å². The van der Waals surface area contributed by atoms with Crippen LogP contribution in [0.3, 0.4) is 0 Å². The maximum atomic E-state index is 11.5. The van der Waals surface area contributed by atoms with Gasteiger partial charge < -0.3 is 24.5 Å². The fraction of sp³-hybridized carbons (Fsp3) is 0.909. The third-order valence-corrected chi connectivity index (χ3v) is 2.71. The van der Waals surface area contributed by atoms with Crippen molar-refractivity contribution in [3.8, 4) is 0 Å². The van der Waals surface area contributed by atoms with Gasteiger partial charge in [0.2, 0.25) is 0 Å². The van der Waals surface area contributed by atoms with E-state index in [1.807, 2.05) is 0 Å². The average molecular weight is 250 g/mol. The summed E-state index contributed by atoms with van der Waals surface area (Å²) in [6, 6.07) is 0. The zero-order valence-corrected chi connectivity index (χ0v) is 10.5. The first-order valence-electron chi connectivity index (χ1n) is 5.97. The van der Waals surface area contributed by atoms with Crippen molar-refractivity contribution in [2.24, 2.45) is 0 Å². The minimum atomic E-state index is -0.340. The molecule has 0 unspecified atom stereocenters. The minimum absolute atomic E-state index is 0.0275. The van der Waals surface area contributed by atoms with Crippen molar-refractivity contribution in [3.63, 3.8) is 0 Å². The Balaban J connectivity index is 4.56. The van der Waals surface area contributed by atoms with Crippen LogP contribution in [0.25, 0.3) is 0 Å². The van der Waals surface area contributed by atoms with Crippen molar-refractivity contribution in [1.29, 1.82) is 0 Å². The first-order valence-corrected chi connectivity index (χ1v) is 5.97. The summed E-state index contributed by atoms with van der Waals surface area (Å²) in [5.74, 6) is -0.340. The quantitative estimate of drug-likeness (QED) is 0.332. The van der Waals surface area contributed by atoms with Gasteiger partial charge in [0.25, 0.3) is 0 Å². The third kappa shape index (κ3) is 6.58. The lowest BCUT2D eigenvalue weighted by atomic mass is 10.2. The number of esters is 1. The number of carbonyl (C=O) groups excluding carboxylic acids is 1. The van der Waals surface area contributed by atoms with E-state index in [-0.39, 0.29) is 36.8 Å². The van der Waals surface area contributed by atoms with Crippen LogP contribution < -0.4 is 0 Å². The van der Waals surface area contributed by atoms with Gasteiger partial charge in [0, 0.05) is 13.0 Å². The molecule has 0 fully saturated rings. The molecule has 0 radical (unpaired) electrons. The van der Waals surface area contributed by atoms with Gasteiger partial charge in [0.15, 0.2) is 6.54 Å². The Hall–Kier alpha value is -0.690. The smallest absolute Gasteiger partial charge is 0.361 e. The number of aliphatic hydroxyl groups is 3. The van der Waals surface area contributed by atoms with E-state index in [0.717, 1.165) is 0 Å². The molecule has 0 aromatic carbocycles. The molecule has 6 nitrogen and oxygen atoms in total. The molecule has 0 aliphatic heterocycles. The van der Waals surface area contributed by atoms with Crippen molar-refractivity contribution in [2.75, 3.05) is 52.6 Å². The van der Waals surface area contributed by atoms with E-state index in [2.05, 4.69) is 0 Å². The second kappa shape index (κ2) is 9.35. The molecule has 0 heterocycles. The summed E-state index contributed by atoms with van der Waals surface area (Å²) in [5, 5.41) is 27.0. The molecule has 3 N–H and O–H groups in total. The number of ether oxygens (including phenoxy) is 1. The van der Waals surface area contributed by atoms with E-state index in [4.69, 9.17) is 20.1 Å². The predicted octanol–water partition coefficient (Wildman–Crippen LogP) is -1.27. The Labute approximate surface area is 102 Å². The van der Waals surface area contributed by atoms with Gasteiger partial charge in [-0.2, -0.15) is 0 Å². The van der Waals surface area contributed by atoms with Crippen molar-refractivity contribution in [2.45, 2.75) is 13.3 Å². The Morgan fingerprint density at radius 2 is 1.65 bits per heavy atom. The first kappa shape index (κ1) is 16.3. The van der Waals surface area contributed by atoms with Crippen LogP contribution in [-0.4, -0.2) is 78.4 Å². The molecule has 17 heavy (non-hydrogen) atoms. The zero-order valence-electron chi connectivity index (χ0n) is 10.5. The second-order valence-electron chi connectivity index (χ2n) is 4.00. The summed E-state index contributed by atoms with van der Waals surface area (Å²) < 4.78 is 5.15. The molecule has 0 spiro atoms. The fourth-order valence-corrected chi connectivity index (χ4v) is 1.88. The summed E-state index contributed by atoms with van der Waals surface area (Å²) in [4.78, 5) is 11.5. The Morgan fingerprint density at radius 3 is 2.06 bits per heavy atom. The molecule has 102 valence electrons. The minimum Gasteiger partial charge on any atom is -0.462 e. The molecule has 0 atom stereocenters. The molecule has 0 aromatic heterocycles. The number of hydrogen-bond donors (Lipinski definition) is 3. The standard InChI is InChI=1S/C11H24NO5/c1-2-17-11(16)10-12(5-8-14,6-9-15)4-3-7-13/h13-15H,2-10H2,1H3/q+1. The van der Waals surface area contributed by atoms with E-state index in [1.54, 1.807) is 6.92 Å². The molecular formula is C11H24NO5+. The maximum Gasteiger partial charge on any atom is 0.361 e. The highest BCUT2D eigenvalue weighted by Crippen LogP contribution is 2.08. The number of rotatable bonds is 10. The zero-order chi connectivity index (χ0) is 13.1. The van der Waals surface area contributed by atoms with Gasteiger partial charge in [-0.05, 0) is 6.92 Å². The third-order valence-electron chi connectivity index (χ3n) is 2.71. The number of carbonyl (C=O) groups is 1. The van der Waals surface area contributed by atoms with Crippen molar-refractivity contribution in [1.82, 2.24) is 0 Å². The van der Waals surface area contributed by atoms with E-state index in [9.17, 15) is 4.79 Å².